The zero-order valence-electron chi connectivity index (χ0n) is 11.8. The summed E-state index contributed by atoms with van der Waals surface area (Å²) in [6.45, 7) is 7.24. The molecule has 0 aliphatic rings. The average molecular weight is 359 g/mol. The predicted molar refractivity (Wildman–Crippen MR) is 85.8 cm³/mol. The van der Waals surface area contributed by atoms with E-state index in [0.717, 1.165) is 0 Å². The summed E-state index contributed by atoms with van der Waals surface area (Å²) in [6, 6.07) is -0.828. The quantitative estimate of drug-likeness (QED) is 0.656. The highest BCUT2D eigenvalue weighted by Crippen LogP contribution is 2.52. The Kier molecular flexibility index (Phi) is 5.45. The molecule has 1 aromatic rings. The number of hydrogen-bond acceptors (Lipinski definition) is 4. The normalized spacial score (nSPS) is 17.6. The Balaban J connectivity index is 3.43. The highest BCUT2D eigenvalue weighted by Gasteiger charge is 2.55. The van der Waals surface area contributed by atoms with Gasteiger partial charge in [-0.15, -0.1) is 0 Å². The number of carbonyl (C=O) groups is 1. The minimum atomic E-state index is -1.73. The number of Topliss-reactive ketones (excluding diaryl/α,β-unsaturated/α-hetero) is 1. The van der Waals surface area contributed by atoms with E-state index in [4.69, 9.17) is 34.8 Å². The lowest BCUT2D eigenvalue weighted by atomic mass is 9.80. The van der Waals surface area contributed by atoms with Crippen LogP contribution in [0.15, 0.2) is 12.7 Å². The predicted octanol–water partition coefficient (Wildman–Crippen LogP) is 3.88. The number of carbonyl (C=O) groups excluding carboxylic acids is 1. The van der Waals surface area contributed by atoms with E-state index in [1.54, 1.807) is 0 Å². The molecule has 0 aliphatic carbocycles. The van der Waals surface area contributed by atoms with Crippen LogP contribution in [0.25, 0.3) is 0 Å². The molecule has 0 saturated heterocycles. The summed E-state index contributed by atoms with van der Waals surface area (Å²) < 4.78 is -1.52. The van der Waals surface area contributed by atoms with E-state index in [0.29, 0.717) is 6.42 Å². The fraction of sp³-hybridized carbons (Fsp3) is 0.750. The van der Waals surface area contributed by atoms with Crippen LogP contribution in [0.4, 0.5) is 0 Å². The molecular formula is C12H18Cl3N3OS. The van der Waals surface area contributed by atoms with Crippen LogP contribution in [0.1, 0.15) is 40.2 Å². The Morgan fingerprint density at radius 2 is 1.90 bits per heavy atom. The van der Waals surface area contributed by atoms with Crippen molar-refractivity contribution in [2.75, 3.05) is 0 Å². The van der Waals surface area contributed by atoms with Gasteiger partial charge in [0.05, 0.1) is 4.75 Å². The standard InChI is InChI=1S/C12H18Cl3N3OS/c1-5-11(20,12(13,14)15)8(9(19)10(2,3)4)18-7-16-6-17-18/h6-8,20H,5H2,1-4H3. The zero-order chi connectivity index (χ0) is 15.8. The van der Waals surface area contributed by atoms with Crippen molar-refractivity contribution >= 4 is 53.2 Å². The number of ketones is 1. The number of halogens is 3. The molecule has 0 amide bonds. The van der Waals surface area contributed by atoms with Crippen LogP contribution in [-0.4, -0.2) is 29.1 Å². The molecule has 20 heavy (non-hydrogen) atoms. The number of nitrogens with zero attached hydrogens (tertiary/aromatic N) is 3. The summed E-state index contributed by atoms with van der Waals surface area (Å²) >= 11 is 22.8. The third kappa shape index (κ3) is 3.43. The minimum absolute atomic E-state index is 0.119. The molecule has 1 heterocycles. The molecule has 4 nitrogen and oxygen atoms in total. The molecule has 0 N–H and O–H groups in total. The average Bonchev–Trinajstić information content (AvgIpc) is 2.79. The van der Waals surface area contributed by atoms with Gasteiger partial charge in [0.1, 0.15) is 18.7 Å². The number of hydrogen-bond donors (Lipinski definition) is 1. The molecule has 0 saturated carbocycles. The van der Waals surface area contributed by atoms with Crippen LogP contribution in [0, 0.1) is 5.41 Å². The van der Waals surface area contributed by atoms with Gasteiger partial charge in [-0.3, -0.25) is 4.79 Å². The van der Waals surface area contributed by atoms with Crippen molar-refractivity contribution in [2.24, 2.45) is 5.41 Å². The molecule has 1 rings (SSSR count). The molecule has 0 bridgehead atoms. The molecule has 2 atom stereocenters. The molecule has 2 unspecified atom stereocenters. The molecule has 8 heteroatoms. The van der Waals surface area contributed by atoms with Gasteiger partial charge in [-0.25, -0.2) is 9.67 Å². The fourth-order valence-corrected chi connectivity index (χ4v) is 2.81. The summed E-state index contributed by atoms with van der Waals surface area (Å²) in [5.74, 6) is -0.119. The minimum Gasteiger partial charge on any atom is -0.297 e. The zero-order valence-corrected chi connectivity index (χ0v) is 14.9. The van der Waals surface area contributed by atoms with Crippen LogP contribution < -0.4 is 0 Å². The molecule has 114 valence electrons. The maximum absolute atomic E-state index is 12.8. The van der Waals surface area contributed by atoms with E-state index >= 15 is 0 Å². The van der Waals surface area contributed by atoms with Gasteiger partial charge in [-0.1, -0.05) is 62.5 Å². The lowest BCUT2D eigenvalue weighted by Gasteiger charge is -2.42. The largest absolute Gasteiger partial charge is 0.297 e. The third-order valence-corrected chi connectivity index (χ3v) is 5.47. The van der Waals surface area contributed by atoms with E-state index in [1.807, 2.05) is 27.7 Å². The maximum Gasteiger partial charge on any atom is 0.207 e. The van der Waals surface area contributed by atoms with Crippen LogP contribution in [-0.2, 0) is 4.79 Å². The number of aromatic nitrogens is 3. The van der Waals surface area contributed by atoms with Crippen molar-refractivity contribution in [3.63, 3.8) is 0 Å². The highest BCUT2D eigenvalue weighted by atomic mass is 35.6. The summed E-state index contributed by atoms with van der Waals surface area (Å²) in [4.78, 5) is 16.7. The van der Waals surface area contributed by atoms with Gasteiger partial charge in [0.25, 0.3) is 0 Å². The van der Waals surface area contributed by atoms with Gasteiger partial charge in [0, 0.05) is 5.41 Å². The Morgan fingerprint density at radius 3 is 2.20 bits per heavy atom. The van der Waals surface area contributed by atoms with Gasteiger partial charge in [0.15, 0.2) is 5.78 Å². The van der Waals surface area contributed by atoms with Crippen LogP contribution in [0.2, 0.25) is 0 Å². The van der Waals surface area contributed by atoms with E-state index in [1.165, 1.54) is 17.3 Å². The highest BCUT2D eigenvalue weighted by molar-refractivity contribution is 7.82. The Labute approximate surface area is 139 Å². The molecule has 0 fully saturated rings. The van der Waals surface area contributed by atoms with E-state index in [9.17, 15) is 4.79 Å². The summed E-state index contributed by atoms with van der Waals surface area (Å²) in [5.41, 5.74) is -0.629. The van der Waals surface area contributed by atoms with E-state index < -0.39 is 20.0 Å². The summed E-state index contributed by atoms with van der Waals surface area (Å²) in [5, 5.41) is 4.04. The van der Waals surface area contributed by atoms with Crippen molar-refractivity contribution in [3.8, 4) is 0 Å². The number of thiol groups is 1. The summed E-state index contributed by atoms with van der Waals surface area (Å²) in [6.07, 6.45) is 3.15. The first-order chi connectivity index (χ1) is 8.95. The monoisotopic (exact) mass is 357 g/mol. The van der Waals surface area contributed by atoms with E-state index in [-0.39, 0.29) is 5.78 Å². The van der Waals surface area contributed by atoms with Crippen LogP contribution in [0.5, 0.6) is 0 Å². The van der Waals surface area contributed by atoms with Crippen LogP contribution in [0.3, 0.4) is 0 Å². The molecule has 0 aliphatic heterocycles. The van der Waals surface area contributed by atoms with Gasteiger partial charge < -0.3 is 0 Å². The molecule has 0 spiro atoms. The maximum atomic E-state index is 12.8. The number of alkyl halides is 3. The Hall–Kier alpha value is 0.0300. The fourth-order valence-electron chi connectivity index (χ4n) is 1.87. The van der Waals surface area contributed by atoms with Gasteiger partial charge >= 0.3 is 0 Å². The van der Waals surface area contributed by atoms with Crippen molar-refractivity contribution in [3.05, 3.63) is 12.7 Å². The van der Waals surface area contributed by atoms with Crippen molar-refractivity contribution in [2.45, 2.75) is 48.7 Å². The van der Waals surface area contributed by atoms with Gasteiger partial charge in [-0.2, -0.15) is 17.7 Å². The Morgan fingerprint density at radius 1 is 1.35 bits per heavy atom. The first-order valence-electron chi connectivity index (χ1n) is 6.12. The van der Waals surface area contributed by atoms with Crippen molar-refractivity contribution in [1.82, 2.24) is 14.8 Å². The topological polar surface area (TPSA) is 47.8 Å². The van der Waals surface area contributed by atoms with Gasteiger partial charge in [-0.05, 0) is 6.42 Å². The second-order valence-corrected chi connectivity index (χ2v) is 8.75. The van der Waals surface area contributed by atoms with Crippen LogP contribution >= 0.6 is 47.4 Å². The van der Waals surface area contributed by atoms with E-state index in [2.05, 4.69) is 22.7 Å². The first kappa shape index (κ1) is 18.1. The lowest BCUT2D eigenvalue weighted by molar-refractivity contribution is -0.131. The molecule has 0 aromatic carbocycles. The molecular weight excluding hydrogens is 341 g/mol. The SMILES string of the molecule is CCC(S)(C(C(=O)C(C)(C)C)n1cncn1)C(Cl)(Cl)Cl. The van der Waals surface area contributed by atoms with Gasteiger partial charge in [0.2, 0.25) is 3.79 Å². The summed E-state index contributed by atoms with van der Waals surface area (Å²) in [7, 11) is 0. The van der Waals surface area contributed by atoms with Crippen molar-refractivity contribution in [1.29, 1.82) is 0 Å². The third-order valence-electron chi connectivity index (χ3n) is 3.17. The lowest BCUT2D eigenvalue weighted by Crippen LogP contribution is -2.51. The number of rotatable bonds is 4. The second-order valence-electron chi connectivity index (χ2n) is 5.67. The smallest absolute Gasteiger partial charge is 0.207 e. The molecule has 0 radical (unpaired) electrons. The van der Waals surface area contributed by atoms with Crippen molar-refractivity contribution < 1.29 is 4.79 Å². The molecule has 1 aromatic heterocycles. The first-order valence-corrected chi connectivity index (χ1v) is 7.70. The Bertz CT molecular complexity index is 467. The second kappa shape index (κ2) is 6.03.